The Kier molecular flexibility index (Phi) is 3.47. The van der Waals surface area contributed by atoms with Crippen LogP contribution in [0.5, 0.6) is 5.75 Å². The molecule has 0 radical (unpaired) electrons. The van der Waals surface area contributed by atoms with Crippen LogP contribution in [0.2, 0.25) is 0 Å². The summed E-state index contributed by atoms with van der Waals surface area (Å²) in [6.45, 7) is 5.02. The number of aryl methyl sites for hydroxylation is 1. The van der Waals surface area contributed by atoms with Gasteiger partial charge in [-0.3, -0.25) is 5.84 Å². The molecule has 0 saturated carbocycles. The Labute approximate surface area is 119 Å². The first-order valence-corrected chi connectivity index (χ1v) is 6.99. The van der Waals surface area contributed by atoms with E-state index in [1.54, 1.807) is 0 Å². The Hall–Kier alpha value is -1.84. The van der Waals surface area contributed by atoms with Gasteiger partial charge in [-0.1, -0.05) is 36.4 Å². The monoisotopic (exact) mass is 268 g/mol. The van der Waals surface area contributed by atoms with Crippen LogP contribution in [-0.2, 0) is 6.42 Å². The predicted molar refractivity (Wildman–Crippen MR) is 80.7 cm³/mol. The molecule has 1 aliphatic heterocycles. The Bertz CT molecular complexity index is 637. The largest absolute Gasteiger partial charge is 0.493 e. The SMILES string of the molecule is Cc1cccc(C(NN)c2cccc3c2OCC3)c1C. The highest BCUT2D eigenvalue weighted by Crippen LogP contribution is 2.36. The first-order chi connectivity index (χ1) is 9.72. The summed E-state index contributed by atoms with van der Waals surface area (Å²) in [5, 5.41) is 0. The molecule has 1 atom stereocenters. The second kappa shape index (κ2) is 5.27. The van der Waals surface area contributed by atoms with Crippen molar-refractivity contribution in [3.8, 4) is 5.75 Å². The molecule has 0 aliphatic carbocycles. The van der Waals surface area contributed by atoms with Gasteiger partial charge in [-0.25, -0.2) is 5.43 Å². The summed E-state index contributed by atoms with van der Waals surface area (Å²) in [5.41, 5.74) is 9.09. The average molecular weight is 268 g/mol. The summed E-state index contributed by atoms with van der Waals surface area (Å²) in [6, 6.07) is 12.6. The lowest BCUT2D eigenvalue weighted by Gasteiger charge is -2.22. The lowest BCUT2D eigenvalue weighted by molar-refractivity contribution is 0.350. The molecule has 1 unspecified atom stereocenters. The van der Waals surface area contributed by atoms with E-state index in [0.717, 1.165) is 24.3 Å². The van der Waals surface area contributed by atoms with E-state index in [1.165, 1.54) is 22.3 Å². The zero-order valence-corrected chi connectivity index (χ0v) is 11.9. The summed E-state index contributed by atoms with van der Waals surface area (Å²) in [5.74, 6) is 6.84. The van der Waals surface area contributed by atoms with Crippen molar-refractivity contribution < 1.29 is 4.74 Å². The van der Waals surface area contributed by atoms with Crippen molar-refractivity contribution in [3.05, 3.63) is 64.2 Å². The Morgan fingerprint density at radius 2 is 1.85 bits per heavy atom. The molecule has 1 heterocycles. The third-order valence-corrected chi connectivity index (χ3v) is 4.18. The first-order valence-electron chi connectivity index (χ1n) is 6.99. The summed E-state index contributed by atoms with van der Waals surface area (Å²) >= 11 is 0. The molecule has 20 heavy (non-hydrogen) atoms. The fourth-order valence-electron chi connectivity index (χ4n) is 2.90. The van der Waals surface area contributed by atoms with E-state index in [4.69, 9.17) is 10.6 Å². The van der Waals surface area contributed by atoms with Crippen molar-refractivity contribution in [1.29, 1.82) is 0 Å². The molecule has 2 aromatic carbocycles. The van der Waals surface area contributed by atoms with E-state index >= 15 is 0 Å². The highest BCUT2D eigenvalue weighted by Gasteiger charge is 2.23. The number of ether oxygens (including phenoxy) is 1. The fourth-order valence-corrected chi connectivity index (χ4v) is 2.90. The van der Waals surface area contributed by atoms with Gasteiger partial charge in [0.05, 0.1) is 12.6 Å². The summed E-state index contributed by atoms with van der Waals surface area (Å²) in [4.78, 5) is 0. The third-order valence-electron chi connectivity index (χ3n) is 4.18. The van der Waals surface area contributed by atoms with Gasteiger partial charge in [-0.2, -0.15) is 0 Å². The van der Waals surface area contributed by atoms with Gasteiger partial charge in [0, 0.05) is 12.0 Å². The molecule has 0 fully saturated rings. The van der Waals surface area contributed by atoms with E-state index in [1.807, 2.05) is 0 Å². The van der Waals surface area contributed by atoms with Crippen molar-refractivity contribution in [2.45, 2.75) is 26.3 Å². The molecular weight excluding hydrogens is 248 g/mol. The molecule has 3 heteroatoms. The second-order valence-electron chi connectivity index (χ2n) is 5.32. The van der Waals surface area contributed by atoms with Gasteiger partial charge >= 0.3 is 0 Å². The van der Waals surface area contributed by atoms with E-state index in [-0.39, 0.29) is 6.04 Å². The van der Waals surface area contributed by atoms with Crippen LogP contribution < -0.4 is 16.0 Å². The van der Waals surface area contributed by atoms with Crippen LogP contribution in [-0.4, -0.2) is 6.61 Å². The van der Waals surface area contributed by atoms with Crippen LogP contribution in [0, 0.1) is 13.8 Å². The Morgan fingerprint density at radius 3 is 2.65 bits per heavy atom. The number of hydrazine groups is 1. The molecule has 2 aromatic rings. The van der Waals surface area contributed by atoms with E-state index < -0.39 is 0 Å². The van der Waals surface area contributed by atoms with Crippen molar-refractivity contribution in [3.63, 3.8) is 0 Å². The summed E-state index contributed by atoms with van der Waals surface area (Å²) < 4.78 is 5.81. The maximum atomic E-state index is 5.84. The number of nitrogens with one attached hydrogen (secondary N) is 1. The summed E-state index contributed by atoms with van der Waals surface area (Å²) in [7, 11) is 0. The van der Waals surface area contributed by atoms with Crippen LogP contribution in [0.1, 0.15) is 33.9 Å². The maximum Gasteiger partial charge on any atom is 0.127 e. The molecule has 1 aliphatic rings. The number of para-hydroxylation sites is 1. The average Bonchev–Trinajstić information content (AvgIpc) is 2.93. The first kappa shape index (κ1) is 13.2. The normalized spacial score (nSPS) is 14.8. The quantitative estimate of drug-likeness (QED) is 0.664. The number of hydrogen-bond acceptors (Lipinski definition) is 3. The predicted octanol–water partition coefficient (Wildman–Crippen LogP) is 2.79. The van der Waals surface area contributed by atoms with Gasteiger partial charge in [-0.05, 0) is 36.1 Å². The van der Waals surface area contributed by atoms with E-state index in [0.29, 0.717) is 0 Å². The standard InChI is InChI=1S/C17H20N2O/c1-11-5-3-7-14(12(11)2)16(19-18)15-8-4-6-13-9-10-20-17(13)15/h3-8,16,19H,9-10,18H2,1-2H3. The van der Waals surface area contributed by atoms with Crippen LogP contribution in [0.25, 0.3) is 0 Å². The van der Waals surface area contributed by atoms with Crippen molar-refractivity contribution in [1.82, 2.24) is 5.43 Å². The number of nitrogens with two attached hydrogens (primary N) is 1. The zero-order valence-electron chi connectivity index (χ0n) is 11.9. The molecule has 0 aromatic heterocycles. The molecule has 104 valence electrons. The lowest BCUT2D eigenvalue weighted by Crippen LogP contribution is -2.29. The van der Waals surface area contributed by atoms with Crippen molar-refractivity contribution >= 4 is 0 Å². The molecule has 0 bridgehead atoms. The maximum absolute atomic E-state index is 5.84. The number of rotatable bonds is 3. The molecule has 0 saturated heterocycles. The lowest BCUT2D eigenvalue weighted by atomic mass is 9.91. The topological polar surface area (TPSA) is 47.3 Å². The molecule has 0 amide bonds. The number of hydrogen-bond donors (Lipinski definition) is 2. The van der Waals surface area contributed by atoms with Gasteiger partial charge in [0.25, 0.3) is 0 Å². The third kappa shape index (κ3) is 2.09. The van der Waals surface area contributed by atoms with E-state index in [2.05, 4.69) is 55.7 Å². The molecule has 0 spiro atoms. The molecule has 3 rings (SSSR count). The molecular formula is C17H20N2O. The Morgan fingerprint density at radius 1 is 1.10 bits per heavy atom. The van der Waals surface area contributed by atoms with Crippen molar-refractivity contribution in [2.24, 2.45) is 5.84 Å². The highest BCUT2D eigenvalue weighted by molar-refractivity contribution is 5.50. The van der Waals surface area contributed by atoms with Gasteiger partial charge in [0.2, 0.25) is 0 Å². The smallest absolute Gasteiger partial charge is 0.127 e. The van der Waals surface area contributed by atoms with Crippen molar-refractivity contribution in [2.75, 3.05) is 6.61 Å². The second-order valence-corrected chi connectivity index (χ2v) is 5.32. The molecule has 3 nitrogen and oxygen atoms in total. The minimum absolute atomic E-state index is 0.0389. The highest BCUT2D eigenvalue weighted by atomic mass is 16.5. The Balaban J connectivity index is 2.11. The van der Waals surface area contributed by atoms with Gasteiger partial charge in [0.1, 0.15) is 5.75 Å². The minimum atomic E-state index is -0.0389. The van der Waals surface area contributed by atoms with Crippen LogP contribution in [0.3, 0.4) is 0 Å². The zero-order chi connectivity index (χ0) is 14.1. The van der Waals surface area contributed by atoms with Crippen LogP contribution in [0.4, 0.5) is 0 Å². The van der Waals surface area contributed by atoms with Crippen LogP contribution >= 0.6 is 0 Å². The number of benzene rings is 2. The van der Waals surface area contributed by atoms with E-state index in [9.17, 15) is 0 Å². The fraction of sp³-hybridized carbons (Fsp3) is 0.294. The van der Waals surface area contributed by atoms with Gasteiger partial charge < -0.3 is 4.74 Å². The minimum Gasteiger partial charge on any atom is -0.493 e. The number of fused-ring (bicyclic) bond motifs is 1. The van der Waals surface area contributed by atoms with Gasteiger partial charge in [-0.15, -0.1) is 0 Å². The van der Waals surface area contributed by atoms with Crippen LogP contribution in [0.15, 0.2) is 36.4 Å². The summed E-state index contributed by atoms with van der Waals surface area (Å²) in [6.07, 6.45) is 0.979. The molecule has 3 N–H and O–H groups in total. The van der Waals surface area contributed by atoms with Gasteiger partial charge in [0.15, 0.2) is 0 Å².